The van der Waals surface area contributed by atoms with Gasteiger partial charge in [0.1, 0.15) is 11.6 Å². The standard InChI is InChI=1S/C50H59N13O3/c1-7-66-48(65)41-9-8-10-43(34(41)4)56-46-32(2)29-52-49(58-46)54-38-13-17-40(18-14-38)63-25-21-61(22-26-63)31-36-27-42(45(51)64)35(5)44(28-36)57-47-33(3)30-53-50(59-47)55-37-11-15-39(16-12-37)62-23-19-60(6)20-24-62/h8-18,27-30H,7,19-26,31H2,1-6H3,(H2,51,64)(H2,52,54,56,58)(H2,53,55,57,59). The number of rotatable bonds is 15. The number of ether oxygens (including phenoxy) is 1. The van der Waals surface area contributed by atoms with Crippen molar-refractivity contribution in [1.29, 1.82) is 0 Å². The van der Waals surface area contributed by atoms with E-state index in [2.05, 4.69) is 100 Å². The summed E-state index contributed by atoms with van der Waals surface area (Å²) in [6.07, 6.45) is 3.56. The highest BCUT2D eigenvalue weighted by atomic mass is 16.5. The number of esters is 1. The summed E-state index contributed by atoms with van der Waals surface area (Å²) < 4.78 is 5.23. The first-order valence-corrected chi connectivity index (χ1v) is 22.5. The largest absolute Gasteiger partial charge is 0.462 e. The molecule has 6 N–H and O–H groups in total. The predicted molar refractivity (Wildman–Crippen MR) is 264 cm³/mol. The molecule has 2 saturated heterocycles. The number of hydrogen-bond acceptors (Lipinski definition) is 15. The first-order chi connectivity index (χ1) is 31.9. The van der Waals surface area contributed by atoms with E-state index in [-0.39, 0.29) is 5.97 Å². The minimum Gasteiger partial charge on any atom is -0.462 e. The number of nitrogens with zero attached hydrogens (tertiary/aromatic N) is 8. The van der Waals surface area contributed by atoms with Crippen molar-refractivity contribution < 1.29 is 14.3 Å². The van der Waals surface area contributed by atoms with Gasteiger partial charge in [-0.3, -0.25) is 9.69 Å². The number of hydrogen-bond donors (Lipinski definition) is 5. The highest BCUT2D eigenvalue weighted by Gasteiger charge is 2.21. The average molecular weight is 890 g/mol. The molecule has 2 aliphatic rings. The average Bonchev–Trinajstić information content (AvgIpc) is 3.31. The van der Waals surface area contributed by atoms with Crippen LogP contribution in [0, 0.1) is 27.7 Å². The van der Waals surface area contributed by atoms with Crippen LogP contribution in [-0.2, 0) is 11.3 Å². The van der Waals surface area contributed by atoms with Gasteiger partial charge >= 0.3 is 5.97 Å². The lowest BCUT2D eigenvalue weighted by Crippen LogP contribution is -2.46. The molecule has 0 atom stereocenters. The van der Waals surface area contributed by atoms with Crippen LogP contribution in [0.4, 0.5) is 57.7 Å². The summed E-state index contributed by atoms with van der Waals surface area (Å²) in [6, 6.07) is 26.1. The van der Waals surface area contributed by atoms with E-state index in [9.17, 15) is 9.59 Å². The molecule has 0 unspecified atom stereocenters. The molecule has 342 valence electrons. The van der Waals surface area contributed by atoms with Crippen LogP contribution in [0.2, 0.25) is 0 Å². The maximum atomic E-state index is 12.7. The van der Waals surface area contributed by atoms with Gasteiger partial charge in [-0.15, -0.1) is 0 Å². The number of anilines is 10. The molecule has 4 heterocycles. The molecular formula is C50H59N13O3. The third-order valence-electron chi connectivity index (χ3n) is 12.3. The summed E-state index contributed by atoms with van der Waals surface area (Å²) in [5.74, 6) is 1.37. The van der Waals surface area contributed by atoms with Crippen LogP contribution in [-0.4, -0.2) is 108 Å². The smallest absolute Gasteiger partial charge is 0.338 e. The lowest BCUT2D eigenvalue weighted by molar-refractivity contribution is 0.0525. The van der Waals surface area contributed by atoms with Crippen molar-refractivity contribution in [2.24, 2.45) is 5.73 Å². The summed E-state index contributed by atoms with van der Waals surface area (Å²) in [4.78, 5) is 53.4. The van der Waals surface area contributed by atoms with Crippen molar-refractivity contribution in [3.63, 3.8) is 0 Å². The molecule has 2 fully saturated rings. The van der Waals surface area contributed by atoms with Crippen molar-refractivity contribution in [2.45, 2.75) is 41.2 Å². The molecular weight excluding hydrogens is 831 g/mol. The minimum absolute atomic E-state index is 0.311. The summed E-state index contributed by atoms with van der Waals surface area (Å²) in [7, 11) is 2.16. The number of primary amides is 1. The molecule has 2 aliphatic heterocycles. The summed E-state index contributed by atoms with van der Waals surface area (Å²) in [6.45, 7) is 17.9. The number of likely N-dealkylation sites (N-methyl/N-ethyl adjacent to an activating group) is 1. The van der Waals surface area contributed by atoms with Gasteiger partial charge in [-0.2, -0.15) is 9.97 Å². The fraction of sp³-hybridized carbons (Fsp3) is 0.320. The number of benzene rings is 4. The topological polar surface area (TPSA) is 182 Å². The highest BCUT2D eigenvalue weighted by molar-refractivity contribution is 5.96. The molecule has 1 amide bonds. The molecule has 16 heteroatoms. The van der Waals surface area contributed by atoms with Gasteiger partial charge in [0, 0.05) is 122 Å². The van der Waals surface area contributed by atoms with E-state index < -0.39 is 5.91 Å². The van der Waals surface area contributed by atoms with E-state index >= 15 is 0 Å². The van der Waals surface area contributed by atoms with Crippen molar-refractivity contribution in [2.75, 3.05) is 97.1 Å². The Morgan fingerprint density at radius 3 is 1.68 bits per heavy atom. The number of carbonyl (C=O) groups is 2. The van der Waals surface area contributed by atoms with E-state index in [0.29, 0.717) is 47.8 Å². The molecule has 4 aromatic carbocycles. The second-order valence-corrected chi connectivity index (χ2v) is 17.0. The van der Waals surface area contributed by atoms with E-state index in [1.54, 1.807) is 25.4 Å². The summed E-state index contributed by atoms with van der Waals surface area (Å²) >= 11 is 0. The minimum atomic E-state index is -0.471. The fourth-order valence-corrected chi connectivity index (χ4v) is 8.22. The predicted octanol–water partition coefficient (Wildman–Crippen LogP) is 7.82. The number of nitrogens with one attached hydrogen (secondary N) is 4. The highest BCUT2D eigenvalue weighted by Crippen LogP contribution is 2.30. The van der Waals surface area contributed by atoms with Crippen molar-refractivity contribution in [1.82, 2.24) is 29.7 Å². The number of piperazine rings is 2. The van der Waals surface area contributed by atoms with Gasteiger partial charge in [-0.05, 0) is 131 Å². The first-order valence-electron chi connectivity index (χ1n) is 22.5. The molecule has 66 heavy (non-hydrogen) atoms. The van der Waals surface area contributed by atoms with Crippen LogP contribution in [0.3, 0.4) is 0 Å². The normalized spacial score (nSPS) is 14.5. The van der Waals surface area contributed by atoms with Crippen LogP contribution in [0.5, 0.6) is 0 Å². The number of aromatic nitrogens is 4. The molecule has 2 aromatic heterocycles. The maximum absolute atomic E-state index is 12.7. The van der Waals surface area contributed by atoms with Gasteiger partial charge in [0.2, 0.25) is 17.8 Å². The maximum Gasteiger partial charge on any atom is 0.338 e. The summed E-state index contributed by atoms with van der Waals surface area (Å²) in [5, 5.41) is 13.6. The zero-order chi connectivity index (χ0) is 46.3. The Morgan fingerprint density at radius 2 is 1.15 bits per heavy atom. The lowest BCUT2D eigenvalue weighted by atomic mass is 10.0. The van der Waals surface area contributed by atoms with Crippen molar-refractivity contribution in [3.05, 3.63) is 130 Å². The number of amides is 1. The van der Waals surface area contributed by atoms with Crippen LogP contribution in [0.25, 0.3) is 0 Å². The molecule has 0 radical (unpaired) electrons. The van der Waals surface area contributed by atoms with Crippen molar-refractivity contribution in [3.8, 4) is 0 Å². The Hall–Kier alpha value is -7.30. The molecule has 0 spiro atoms. The monoisotopic (exact) mass is 889 g/mol. The van der Waals surface area contributed by atoms with E-state index in [0.717, 1.165) is 109 Å². The molecule has 0 aliphatic carbocycles. The number of carbonyl (C=O) groups excluding carboxylic acids is 2. The van der Waals surface area contributed by atoms with Crippen LogP contribution in [0.1, 0.15) is 55.5 Å². The van der Waals surface area contributed by atoms with Gasteiger partial charge in [-0.25, -0.2) is 14.8 Å². The molecule has 8 rings (SSSR count). The Bertz CT molecular complexity index is 2680. The Balaban J connectivity index is 0.874. The molecule has 6 aromatic rings. The van der Waals surface area contributed by atoms with Gasteiger partial charge < -0.3 is 46.4 Å². The first kappa shape index (κ1) is 45.3. The fourth-order valence-electron chi connectivity index (χ4n) is 8.22. The van der Waals surface area contributed by atoms with Gasteiger partial charge in [0.15, 0.2) is 0 Å². The third kappa shape index (κ3) is 10.8. The number of nitrogens with two attached hydrogens (primary N) is 1. The molecule has 0 saturated carbocycles. The SMILES string of the molecule is CCOC(=O)c1cccc(Nc2nc(Nc3ccc(N4CCN(Cc5cc(Nc6nc(Nc7ccc(N8CCN(C)CC8)cc7)ncc6C)c(C)c(C(N)=O)c5)CC4)cc3)ncc2C)c1C. The molecule has 16 nitrogen and oxygen atoms in total. The van der Waals surface area contributed by atoms with Gasteiger partial charge in [0.25, 0.3) is 0 Å². The molecule has 0 bridgehead atoms. The van der Waals surface area contributed by atoms with E-state index in [1.165, 1.54) is 5.69 Å². The van der Waals surface area contributed by atoms with E-state index in [1.807, 2.05) is 58.0 Å². The second kappa shape index (κ2) is 20.3. The van der Waals surface area contributed by atoms with E-state index in [4.69, 9.17) is 20.4 Å². The summed E-state index contributed by atoms with van der Waals surface area (Å²) in [5.41, 5.74) is 16.8. The quantitative estimate of drug-likeness (QED) is 0.0629. The Labute approximate surface area is 386 Å². The van der Waals surface area contributed by atoms with Gasteiger partial charge in [-0.1, -0.05) is 6.07 Å². The van der Waals surface area contributed by atoms with Crippen LogP contribution < -0.4 is 36.8 Å². The lowest BCUT2D eigenvalue weighted by Gasteiger charge is -2.36. The Morgan fingerprint density at radius 1 is 0.636 bits per heavy atom. The Kier molecular flexibility index (Phi) is 13.9. The van der Waals surface area contributed by atoms with Crippen molar-refractivity contribution >= 4 is 69.5 Å². The second-order valence-electron chi connectivity index (χ2n) is 17.0. The van der Waals surface area contributed by atoms with Crippen LogP contribution in [0.15, 0.2) is 91.3 Å². The number of aryl methyl sites for hydroxylation is 2. The zero-order valence-electron chi connectivity index (χ0n) is 38.6. The third-order valence-corrected chi connectivity index (χ3v) is 12.3. The van der Waals surface area contributed by atoms with Crippen LogP contribution >= 0.6 is 0 Å². The zero-order valence-corrected chi connectivity index (χ0v) is 38.6. The van der Waals surface area contributed by atoms with Gasteiger partial charge in [0.05, 0.1) is 12.2 Å².